The van der Waals surface area contributed by atoms with Gasteiger partial charge in [0.05, 0.1) is 6.10 Å². The number of rotatable bonds is 8. The van der Waals surface area contributed by atoms with Crippen molar-refractivity contribution in [2.24, 2.45) is 5.73 Å². The quantitative estimate of drug-likeness (QED) is 0.701. The molecule has 0 spiro atoms. The lowest BCUT2D eigenvalue weighted by Crippen LogP contribution is -2.40. The molecule has 0 aliphatic carbocycles. The molecule has 122 valence electrons. The molecule has 1 fully saturated rings. The molecular formula is C13H29Cl2N3O2. The first-order chi connectivity index (χ1) is 8.71. The number of carbonyl (C=O) groups is 1. The third-order valence-corrected chi connectivity index (χ3v) is 3.38. The summed E-state index contributed by atoms with van der Waals surface area (Å²) in [5, 5.41) is 2.95. The molecule has 1 rings (SSSR count). The average Bonchev–Trinajstić information content (AvgIpc) is 2.86. The monoisotopic (exact) mass is 329 g/mol. The van der Waals surface area contributed by atoms with Crippen molar-refractivity contribution in [3.63, 3.8) is 0 Å². The summed E-state index contributed by atoms with van der Waals surface area (Å²) in [5.41, 5.74) is 5.52. The van der Waals surface area contributed by atoms with Crippen molar-refractivity contribution in [2.75, 3.05) is 32.7 Å². The van der Waals surface area contributed by atoms with Crippen molar-refractivity contribution in [1.29, 1.82) is 0 Å². The van der Waals surface area contributed by atoms with E-state index in [2.05, 4.69) is 24.1 Å². The predicted molar refractivity (Wildman–Crippen MR) is 86.9 cm³/mol. The van der Waals surface area contributed by atoms with E-state index in [4.69, 9.17) is 10.5 Å². The number of nitrogens with zero attached hydrogens (tertiary/aromatic N) is 1. The minimum absolute atomic E-state index is 0. The van der Waals surface area contributed by atoms with E-state index in [-0.39, 0.29) is 42.9 Å². The van der Waals surface area contributed by atoms with Gasteiger partial charge in [-0.3, -0.25) is 4.79 Å². The van der Waals surface area contributed by atoms with Crippen LogP contribution < -0.4 is 11.1 Å². The van der Waals surface area contributed by atoms with Gasteiger partial charge in [-0.05, 0) is 32.4 Å². The fraction of sp³-hybridized carbons (Fsp3) is 0.923. The molecule has 5 nitrogen and oxygen atoms in total. The van der Waals surface area contributed by atoms with Crippen molar-refractivity contribution in [3.05, 3.63) is 0 Å². The van der Waals surface area contributed by atoms with Crippen LogP contribution >= 0.6 is 24.8 Å². The molecular weight excluding hydrogens is 301 g/mol. The molecule has 0 radical (unpaired) electrons. The van der Waals surface area contributed by atoms with Gasteiger partial charge in [0, 0.05) is 19.6 Å². The van der Waals surface area contributed by atoms with Crippen LogP contribution in [0.15, 0.2) is 0 Å². The smallest absolute Gasteiger partial charge is 0.249 e. The molecule has 0 aromatic carbocycles. The Hall–Kier alpha value is -0.0700. The number of hydrogen-bond acceptors (Lipinski definition) is 4. The summed E-state index contributed by atoms with van der Waals surface area (Å²) in [6, 6.07) is 0. The topological polar surface area (TPSA) is 67.6 Å². The second kappa shape index (κ2) is 12.7. The highest BCUT2D eigenvalue weighted by Crippen LogP contribution is 2.18. The van der Waals surface area contributed by atoms with E-state index in [1.165, 1.54) is 0 Å². The van der Waals surface area contributed by atoms with Gasteiger partial charge in [0.15, 0.2) is 0 Å². The molecule has 1 aliphatic rings. The van der Waals surface area contributed by atoms with Gasteiger partial charge in [-0.1, -0.05) is 13.8 Å². The Balaban J connectivity index is 0. The first-order valence-corrected chi connectivity index (χ1v) is 7.06. The summed E-state index contributed by atoms with van der Waals surface area (Å²) in [4.78, 5) is 14.2. The van der Waals surface area contributed by atoms with Gasteiger partial charge in [-0.2, -0.15) is 0 Å². The van der Waals surface area contributed by atoms with Crippen LogP contribution in [0.25, 0.3) is 0 Å². The van der Waals surface area contributed by atoms with Gasteiger partial charge in [-0.15, -0.1) is 24.8 Å². The molecule has 0 aromatic rings. The Morgan fingerprint density at radius 2 is 2.00 bits per heavy atom. The Bertz CT molecular complexity index is 258. The van der Waals surface area contributed by atoms with Gasteiger partial charge in [-0.25, -0.2) is 0 Å². The summed E-state index contributed by atoms with van der Waals surface area (Å²) in [6.07, 6.45) is 2.60. The average molecular weight is 330 g/mol. The number of nitrogens with two attached hydrogens (primary N) is 1. The lowest BCUT2D eigenvalue weighted by Gasteiger charge is -2.20. The highest BCUT2D eigenvalue weighted by Gasteiger charge is 2.29. The molecule has 0 aromatic heterocycles. The van der Waals surface area contributed by atoms with Crippen LogP contribution in [0.1, 0.15) is 33.1 Å². The molecule has 1 amide bonds. The first-order valence-electron chi connectivity index (χ1n) is 7.06. The Kier molecular flexibility index (Phi) is 14.1. The Labute approximate surface area is 134 Å². The van der Waals surface area contributed by atoms with E-state index in [0.717, 1.165) is 38.9 Å². The van der Waals surface area contributed by atoms with Gasteiger partial charge < -0.3 is 20.7 Å². The molecule has 7 heteroatoms. The van der Waals surface area contributed by atoms with E-state index in [0.29, 0.717) is 13.1 Å². The van der Waals surface area contributed by atoms with Crippen LogP contribution in [0.2, 0.25) is 0 Å². The van der Waals surface area contributed by atoms with Crippen LogP contribution in [0.5, 0.6) is 0 Å². The van der Waals surface area contributed by atoms with Gasteiger partial charge >= 0.3 is 0 Å². The summed E-state index contributed by atoms with van der Waals surface area (Å²) >= 11 is 0. The number of ether oxygens (including phenoxy) is 1. The van der Waals surface area contributed by atoms with Crippen molar-refractivity contribution < 1.29 is 9.53 Å². The lowest BCUT2D eigenvalue weighted by atomic mass is 10.2. The van der Waals surface area contributed by atoms with Gasteiger partial charge in [0.1, 0.15) is 6.10 Å². The summed E-state index contributed by atoms with van der Waals surface area (Å²) < 4.78 is 5.55. The van der Waals surface area contributed by atoms with E-state index < -0.39 is 0 Å². The molecule has 1 heterocycles. The molecule has 2 atom stereocenters. The number of nitrogens with one attached hydrogen (secondary N) is 1. The maximum Gasteiger partial charge on any atom is 0.249 e. The van der Waals surface area contributed by atoms with Gasteiger partial charge in [0.2, 0.25) is 5.91 Å². The maximum absolute atomic E-state index is 11.8. The van der Waals surface area contributed by atoms with Crippen LogP contribution in [0.3, 0.4) is 0 Å². The summed E-state index contributed by atoms with van der Waals surface area (Å²) in [7, 11) is 0. The standard InChI is InChI=1S/C13H27N3O2.2ClH/c1-3-8-16(4-2)9-7-15-13(17)12-6-5-11(10-14)18-12;;/h11-12H,3-10,14H2,1-2H3,(H,15,17);2*1H/t11-,12+;;/m1../s1. The number of halogens is 2. The number of carbonyl (C=O) groups excluding carboxylic acids is 1. The molecule has 0 saturated carbocycles. The normalized spacial score (nSPS) is 21.2. The molecule has 1 aliphatic heterocycles. The molecule has 3 N–H and O–H groups in total. The van der Waals surface area contributed by atoms with E-state index in [1.807, 2.05) is 0 Å². The number of amides is 1. The van der Waals surface area contributed by atoms with E-state index in [9.17, 15) is 4.79 Å². The van der Waals surface area contributed by atoms with Gasteiger partial charge in [0.25, 0.3) is 0 Å². The van der Waals surface area contributed by atoms with Crippen molar-refractivity contribution in [3.8, 4) is 0 Å². The Morgan fingerprint density at radius 3 is 2.50 bits per heavy atom. The van der Waals surface area contributed by atoms with Crippen molar-refractivity contribution in [2.45, 2.75) is 45.3 Å². The summed E-state index contributed by atoms with van der Waals surface area (Å²) in [6.45, 7) is 8.53. The van der Waals surface area contributed by atoms with Crippen molar-refractivity contribution >= 4 is 30.7 Å². The summed E-state index contributed by atoms with van der Waals surface area (Å²) in [5.74, 6) is 0.0125. The predicted octanol–water partition coefficient (Wildman–Crippen LogP) is 1.18. The molecule has 1 saturated heterocycles. The van der Waals surface area contributed by atoms with Crippen LogP contribution in [0.4, 0.5) is 0 Å². The molecule has 0 unspecified atom stereocenters. The van der Waals surface area contributed by atoms with Crippen LogP contribution in [0, 0.1) is 0 Å². The highest BCUT2D eigenvalue weighted by atomic mass is 35.5. The van der Waals surface area contributed by atoms with Crippen LogP contribution in [-0.4, -0.2) is 55.7 Å². The van der Waals surface area contributed by atoms with Crippen LogP contribution in [-0.2, 0) is 9.53 Å². The fourth-order valence-electron chi connectivity index (χ4n) is 2.27. The lowest BCUT2D eigenvalue weighted by molar-refractivity contribution is -0.131. The zero-order chi connectivity index (χ0) is 13.4. The Morgan fingerprint density at radius 1 is 1.30 bits per heavy atom. The SMILES string of the molecule is CCCN(CC)CCNC(=O)[C@@H]1CC[C@H](CN)O1.Cl.Cl. The van der Waals surface area contributed by atoms with Crippen molar-refractivity contribution in [1.82, 2.24) is 10.2 Å². The third kappa shape index (κ3) is 7.64. The minimum Gasteiger partial charge on any atom is -0.364 e. The zero-order valence-electron chi connectivity index (χ0n) is 12.5. The largest absolute Gasteiger partial charge is 0.364 e. The highest BCUT2D eigenvalue weighted by molar-refractivity contribution is 5.85. The fourth-order valence-corrected chi connectivity index (χ4v) is 2.27. The molecule has 0 bridgehead atoms. The molecule has 20 heavy (non-hydrogen) atoms. The third-order valence-electron chi connectivity index (χ3n) is 3.38. The first kappa shape index (κ1) is 22.2. The zero-order valence-corrected chi connectivity index (χ0v) is 14.1. The number of hydrogen-bond donors (Lipinski definition) is 2. The number of likely N-dealkylation sites (N-methyl/N-ethyl adjacent to an activating group) is 1. The second-order valence-corrected chi connectivity index (χ2v) is 4.79. The minimum atomic E-state index is -0.292. The van der Waals surface area contributed by atoms with E-state index in [1.54, 1.807) is 0 Å². The van der Waals surface area contributed by atoms with E-state index >= 15 is 0 Å². The second-order valence-electron chi connectivity index (χ2n) is 4.79. The maximum atomic E-state index is 11.8.